The van der Waals surface area contributed by atoms with Gasteiger partial charge in [-0.05, 0) is 24.5 Å². The standard InChI is InChI=1S/C18H25N3O6S/c1-11(2)16(21-18(23)20-13-5-8-28(24,25)10-13)17(22)19-12-3-4-14-15(9-12)27-7-6-26-14/h3-4,9,11,13,16H,5-8,10H2,1-2H3,(H,19,22)(H2,20,21,23)/t13?,16-/m1/s1. The predicted molar refractivity (Wildman–Crippen MR) is 103 cm³/mol. The molecule has 3 amide bonds. The third kappa shape index (κ3) is 5.06. The average Bonchev–Trinajstić information content (AvgIpc) is 2.97. The second-order valence-corrected chi connectivity index (χ2v) is 9.52. The SMILES string of the molecule is CC(C)[C@@H](NC(=O)NC1CCS(=O)(=O)C1)C(=O)Nc1ccc2c(c1)OCCO2. The zero-order valence-electron chi connectivity index (χ0n) is 15.9. The van der Waals surface area contributed by atoms with Crippen LogP contribution in [0.25, 0.3) is 0 Å². The van der Waals surface area contributed by atoms with E-state index in [0.717, 1.165) is 0 Å². The number of nitrogens with one attached hydrogen (secondary N) is 3. The molecule has 28 heavy (non-hydrogen) atoms. The van der Waals surface area contributed by atoms with Crippen LogP contribution < -0.4 is 25.4 Å². The zero-order valence-corrected chi connectivity index (χ0v) is 16.7. The maximum absolute atomic E-state index is 12.7. The smallest absolute Gasteiger partial charge is 0.315 e. The molecule has 0 radical (unpaired) electrons. The first-order chi connectivity index (χ1) is 13.2. The molecule has 1 saturated heterocycles. The van der Waals surface area contributed by atoms with Gasteiger partial charge in [0.15, 0.2) is 21.3 Å². The Hall–Kier alpha value is -2.49. The molecule has 1 aromatic rings. The fraction of sp³-hybridized carbons (Fsp3) is 0.556. The van der Waals surface area contributed by atoms with Crippen LogP contribution in [0.3, 0.4) is 0 Å². The van der Waals surface area contributed by atoms with Crippen molar-refractivity contribution in [3.8, 4) is 11.5 Å². The Kier molecular flexibility index (Phi) is 5.97. The van der Waals surface area contributed by atoms with Crippen molar-refractivity contribution in [3.05, 3.63) is 18.2 Å². The van der Waals surface area contributed by atoms with Gasteiger partial charge in [-0.25, -0.2) is 13.2 Å². The van der Waals surface area contributed by atoms with Gasteiger partial charge in [0, 0.05) is 17.8 Å². The first-order valence-electron chi connectivity index (χ1n) is 9.21. The highest BCUT2D eigenvalue weighted by molar-refractivity contribution is 7.91. The van der Waals surface area contributed by atoms with Crippen LogP contribution in [0.1, 0.15) is 20.3 Å². The first-order valence-corrected chi connectivity index (χ1v) is 11.0. The molecule has 1 unspecified atom stereocenters. The van der Waals surface area contributed by atoms with Gasteiger partial charge in [-0.1, -0.05) is 13.8 Å². The number of hydrogen-bond donors (Lipinski definition) is 3. The monoisotopic (exact) mass is 411 g/mol. The molecule has 2 aliphatic rings. The van der Waals surface area contributed by atoms with E-state index in [1.54, 1.807) is 18.2 Å². The molecule has 9 nitrogen and oxygen atoms in total. The number of benzene rings is 1. The summed E-state index contributed by atoms with van der Waals surface area (Å²) in [6, 6.07) is 3.32. The molecule has 3 rings (SSSR count). The maximum atomic E-state index is 12.7. The number of ether oxygens (including phenoxy) is 2. The molecule has 3 N–H and O–H groups in total. The van der Waals surface area contributed by atoms with Crippen LogP contribution in [0, 0.1) is 5.92 Å². The minimum Gasteiger partial charge on any atom is -0.486 e. The fourth-order valence-corrected chi connectivity index (χ4v) is 4.83. The van der Waals surface area contributed by atoms with Gasteiger partial charge in [-0.2, -0.15) is 0 Å². The molecule has 0 spiro atoms. The lowest BCUT2D eigenvalue weighted by Gasteiger charge is -2.23. The van der Waals surface area contributed by atoms with E-state index < -0.39 is 28.0 Å². The van der Waals surface area contributed by atoms with E-state index >= 15 is 0 Å². The number of hydrogen-bond acceptors (Lipinski definition) is 6. The van der Waals surface area contributed by atoms with Crippen LogP contribution in [0.4, 0.5) is 10.5 Å². The molecule has 0 aromatic heterocycles. The number of amides is 3. The second-order valence-electron chi connectivity index (χ2n) is 7.29. The summed E-state index contributed by atoms with van der Waals surface area (Å²) in [5, 5.41) is 8.05. The van der Waals surface area contributed by atoms with Crippen molar-refractivity contribution in [2.24, 2.45) is 5.92 Å². The van der Waals surface area contributed by atoms with Crippen molar-refractivity contribution in [2.45, 2.75) is 32.4 Å². The van der Waals surface area contributed by atoms with E-state index in [9.17, 15) is 18.0 Å². The fourth-order valence-electron chi connectivity index (χ4n) is 3.15. The number of sulfone groups is 1. The summed E-state index contributed by atoms with van der Waals surface area (Å²) in [5.41, 5.74) is 0.531. The summed E-state index contributed by atoms with van der Waals surface area (Å²) >= 11 is 0. The second kappa shape index (κ2) is 8.26. The normalized spacial score (nSPS) is 21.0. The minimum absolute atomic E-state index is 0.0656. The molecular weight excluding hydrogens is 386 g/mol. The third-order valence-corrected chi connectivity index (χ3v) is 6.38. The predicted octanol–water partition coefficient (Wildman–Crippen LogP) is 0.907. The molecule has 0 saturated carbocycles. The van der Waals surface area contributed by atoms with Crippen molar-refractivity contribution in [3.63, 3.8) is 0 Å². The highest BCUT2D eigenvalue weighted by atomic mass is 32.2. The molecular formula is C18H25N3O6S. The van der Waals surface area contributed by atoms with Gasteiger partial charge in [0.05, 0.1) is 11.5 Å². The summed E-state index contributed by atoms with van der Waals surface area (Å²) in [4.78, 5) is 24.9. The number of carbonyl (C=O) groups excluding carboxylic acids is 2. The van der Waals surface area contributed by atoms with Gasteiger partial charge in [-0.15, -0.1) is 0 Å². The zero-order chi connectivity index (χ0) is 20.3. The number of fused-ring (bicyclic) bond motifs is 1. The molecule has 1 fully saturated rings. The summed E-state index contributed by atoms with van der Waals surface area (Å²) in [5.74, 6) is 0.620. The molecule has 2 aliphatic heterocycles. The lowest BCUT2D eigenvalue weighted by atomic mass is 10.0. The average molecular weight is 411 g/mol. The summed E-state index contributed by atoms with van der Waals surface area (Å²) in [7, 11) is -3.09. The van der Waals surface area contributed by atoms with Crippen LogP contribution in [0.15, 0.2) is 18.2 Å². The van der Waals surface area contributed by atoms with Crippen molar-refractivity contribution in [1.29, 1.82) is 0 Å². The lowest BCUT2D eigenvalue weighted by molar-refractivity contribution is -0.118. The van der Waals surface area contributed by atoms with E-state index in [-0.39, 0.29) is 23.3 Å². The maximum Gasteiger partial charge on any atom is 0.315 e. The first kappa shape index (κ1) is 20.2. The molecule has 154 valence electrons. The molecule has 10 heteroatoms. The summed E-state index contributed by atoms with van der Waals surface area (Å²) in [6.07, 6.45) is 0.380. The minimum atomic E-state index is -3.09. The topological polar surface area (TPSA) is 123 Å². The molecule has 1 aromatic carbocycles. The summed E-state index contributed by atoms with van der Waals surface area (Å²) < 4.78 is 34.0. The Morgan fingerprint density at radius 1 is 1.14 bits per heavy atom. The highest BCUT2D eigenvalue weighted by Gasteiger charge is 2.31. The molecule has 0 bridgehead atoms. The van der Waals surface area contributed by atoms with Crippen molar-refractivity contribution in [1.82, 2.24) is 10.6 Å². The number of anilines is 1. The van der Waals surface area contributed by atoms with Crippen LogP contribution in [-0.2, 0) is 14.6 Å². The number of rotatable bonds is 5. The van der Waals surface area contributed by atoms with E-state index in [1.165, 1.54) is 0 Å². The van der Waals surface area contributed by atoms with Crippen LogP contribution in [-0.4, -0.2) is 57.2 Å². The third-order valence-electron chi connectivity index (χ3n) is 4.61. The molecule has 2 atom stereocenters. The van der Waals surface area contributed by atoms with Gasteiger partial charge < -0.3 is 25.4 Å². The van der Waals surface area contributed by atoms with Gasteiger partial charge >= 0.3 is 6.03 Å². The van der Waals surface area contributed by atoms with Gasteiger partial charge in [-0.3, -0.25) is 4.79 Å². The van der Waals surface area contributed by atoms with Gasteiger partial charge in [0.25, 0.3) is 0 Å². The molecule has 0 aliphatic carbocycles. The van der Waals surface area contributed by atoms with E-state index in [4.69, 9.17) is 9.47 Å². The Morgan fingerprint density at radius 2 is 1.86 bits per heavy atom. The van der Waals surface area contributed by atoms with E-state index in [1.807, 2.05) is 13.8 Å². The Labute approximate surface area is 164 Å². The number of carbonyl (C=O) groups is 2. The Morgan fingerprint density at radius 3 is 2.50 bits per heavy atom. The van der Waals surface area contributed by atoms with Crippen molar-refractivity contribution < 1.29 is 27.5 Å². The molecule has 2 heterocycles. The van der Waals surface area contributed by atoms with E-state index in [0.29, 0.717) is 36.8 Å². The van der Waals surface area contributed by atoms with Crippen molar-refractivity contribution >= 4 is 27.5 Å². The van der Waals surface area contributed by atoms with Crippen LogP contribution >= 0.6 is 0 Å². The Bertz CT molecular complexity index is 855. The van der Waals surface area contributed by atoms with Crippen LogP contribution in [0.5, 0.6) is 11.5 Å². The van der Waals surface area contributed by atoms with E-state index in [2.05, 4.69) is 16.0 Å². The lowest BCUT2D eigenvalue weighted by Crippen LogP contribution is -2.52. The largest absolute Gasteiger partial charge is 0.486 e. The highest BCUT2D eigenvalue weighted by Crippen LogP contribution is 2.32. The summed E-state index contributed by atoms with van der Waals surface area (Å²) in [6.45, 7) is 4.55. The van der Waals surface area contributed by atoms with Crippen LogP contribution in [0.2, 0.25) is 0 Å². The van der Waals surface area contributed by atoms with Gasteiger partial charge in [0.1, 0.15) is 19.3 Å². The number of urea groups is 1. The van der Waals surface area contributed by atoms with Gasteiger partial charge in [0.2, 0.25) is 5.91 Å². The van der Waals surface area contributed by atoms with Crippen molar-refractivity contribution in [2.75, 3.05) is 30.0 Å². The Balaban J connectivity index is 1.60. The quantitative estimate of drug-likeness (QED) is 0.662.